The molecule has 0 saturated heterocycles. The molecular weight excluding hydrogens is 492 g/mol. The van der Waals surface area contributed by atoms with Gasteiger partial charge in [-0.15, -0.1) is 0 Å². The molecule has 1 atom stereocenters. The summed E-state index contributed by atoms with van der Waals surface area (Å²) >= 11 is 0. The topological polar surface area (TPSA) is 92.5 Å². The van der Waals surface area contributed by atoms with E-state index in [4.69, 9.17) is 11.5 Å². The Bertz CT molecular complexity index is 1080. The molecule has 2 aromatic rings. The van der Waals surface area contributed by atoms with E-state index in [1.165, 1.54) is 0 Å². The summed E-state index contributed by atoms with van der Waals surface area (Å²) in [5.74, 6) is -3.46. The normalized spacial score (nSPS) is 15.1. The van der Waals surface area contributed by atoms with Crippen LogP contribution in [0.3, 0.4) is 0 Å². The molecule has 2 aromatic carbocycles. The second-order valence-corrected chi connectivity index (χ2v) is 6.57. The Hall–Kier alpha value is -3.20. The number of anilines is 2. The lowest BCUT2D eigenvalue weighted by Crippen LogP contribution is -2.45. The molecule has 0 heterocycles. The molecule has 2 rings (SSSR count). The van der Waals surface area contributed by atoms with Crippen LogP contribution < -0.4 is 11.5 Å². The Balaban J connectivity index is 3.25. The number of halogens is 12. The highest BCUT2D eigenvalue weighted by Gasteiger charge is 2.65. The zero-order chi connectivity index (χ0) is 25.9. The number of aromatic hydroxyl groups is 2. The van der Waals surface area contributed by atoms with Gasteiger partial charge in [-0.2, -0.15) is 39.5 Å². The zero-order valence-electron chi connectivity index (χ0n) is 15.4. The number of phenolic OH excluding ortho intramolecular Hbond substituents is 2. The number of nitrogens with two attached hydrogens (primary N) is 2. The van der Waals surface area contributed by atoms with Crippen molar-refractivity contribution in [3.05, 3.63) is 34.9 Å². The first-order valence-corrected chi connectivity index (χ1v) is 8.12. The van der Waals surface area contributed by atoms with E-state index in [0.29, 0.717) is 0 Å². The van der Waals surface area contributed by atoms with Crippen molar-refractivity contribution in [2.24, 2.45) is 0 Å². The SMILES string of the molecule is Nc1cc(C(F)(F)F)c(-c2c(C(F)(C(F)F)C(F)(F)F)cc(C(F)(F)F)c(O)c2N)cc1O. The molecule has 0 fully saturated rings. The largest absolute Gasteiger partial charge is 0.506 e. The lowest BCUT2D eigenvalue weighted by molar-refractivity contribution is -0.274. The van der Waals surface area contributed by atoms with Gasteiger partial charge in [0, 0.05) is 16.7 Å². The van der Waals surface area contributed by atoms with Gasteiger partial charge < -0.3 is 21.7 Å². The molecule has 0 bridgehead atoms. The quantitative estimate of drug-likeness (QED) is 0.237. The maximum Gasteiger partial charge on any atom is 0.432 e. The van der Waals surface area contributed by atoms with E-state index in [0.717, 1.165) is 0 Å². The molecule has 0 spiro atoms. The fourth-order valence-electron chi connectivity index (χ4n) is 2.93. The predicted molar refractivity (Wildman–Crippen MR) is 88.9 cm³/mol. The van der Waals surface area contributed by atoms with Gasteiger partial charge in [-0.3, -0.25) is 0 Å². The third-order valence-corrected chi connectivity index (χ3v) is 4.49. The minimum atomic E-state index is -6.67. The molecule has 6 N–H and O–H groups in total. The van der Waals surface area contributed by atoms with Crippen LogP contribution in [0.4, 0.5) is 64.1 Å². The van der Waals surface area contributed by atoms with E-state index >= 15 is 0 Å². The van der Waals surface area contributed by atoms with Gasteiger partial charge in [-0.25, -0.2) is 13.2 Å². The fourth-order valence-corrected chi connectivity index (χ4v) is 2.93. The molecule has 0 saturated carbocycles. The molecule has 0 aromatic heterocycles. The number of hydrogen-bond acceptors (Lipinski definition) is 4. The van der Waals surface area contributed by atoms with Gasteiger partial charge >= 0.3 is 18.5 Å². The van der Waals surface area contributed by atoms with Crippen LogP contribution in [-0.2, 0) is 18.0 Å². The summed E-state index contributed by atoms with van der Waals surface area (Å²) in [7, 11) is 0. The van der Waals surface area contributed by atoms with Gasteiger partial charge in [-0.05, 0) is 18.2 Å². The highest BCUT2D eigenvalue weighted by atomic mass is 19.4. The molecule has 184 valence electrons. The van der Waals surface area contributed by atoms with Crippen LogP contribution in [0.2, 0.25) is 0 Å². The number of alkyl halides is 12. The van der Waals surface area contributed by atoms with Crippen molar-refractivity contribution in [2.45, 2.75) is 30.6 Å². The predicted octanol–water partition coefficient (Wildman–Crippen LogP) is 5.96. The monoisotopic (exact) mass is 502 g/mol. The van der Waals surface area contributed by atoms with Crippen LogP contribution in [0, 0.1) is 0 Å². The smallest absolute Gasteiger partial charge is 0.432 e. The number of rotatable bonds is 3. The van der Waals surface area contributed by atoms with Crippen molar-refractivity contribution in [3.8, 4) is 22.6 Å². The summed E-state index contributed by atoms with van der Waals surface area (Å²) in [6, 6.07) is -1.09. The van der Waals surface area contributed by atoms with E-state index in [1.54, 1.807) is 0 Å². The van der Waals surface area contributed by atoms with Crippen molar-refractivity contribution < 1.29 is 62.9 Å². The first-order chi connectivity index (χ1) is 14.7. The molecule has 16 heteroatoms. The van der Waals surface area contributed by atoms with Gasteiger partial charge in [-0.1, -0.05) is 0 Å². The van der Waals surface area contributed by atoms with Gasteiger partial charge in [0.05, 0.1) is 22.5 Å². The second-order valence-electron chi connectivity index (χ2n) is 6.57. The number of nitrogen functional groups attached to an aromatic ring is 2. The van der Waals surface area contributed by atoms with Crippen LogP contribution in [0.15, 0.2) is 18.2 Å². The third-order valence-electron chi connectivity index (χ3n) is 4.49. The van der Waals surface area contributed by atoms with Crippen LogP contribution in [0.5, 0.6) is 11.5 Å². The molecule has 0 radical (unpaired) electrons. The standard InChI is InChI=1S/C17H10F12N2O2/c18-13(19)14(20,17(27,28)29)6-2-7(16(24,25)26)12(33)11(31)10(6)4-1-9(32)8(30)3-5(4)15(21,22)23/h1-3,13,32-33H,30-31H2. The van der Waals surface area contributed by atoms with Gasteiger partial charge in [0.2, 0.25) is 0 Å². The van der Waals surface area contributed by atoms with Crippen molar-refractivity contribution in [3.63, 3.8) is 0 Å². The Labute approximate surface area is 175 Å². The molecule has 0 aliphatic rings. The van der Waals surface area contributed by atoms with Crippen molar-refractivity contribution in [2.75, 3.05) is 11.5 Å². The van der Waals surface area contributed by atoms with Gasteiger partial charge in [0.15, 0.2) is 5.75 Å². The van der Waals surface area contributed by atoms with E-state index in [9.17, 15) is 62.9 Å². The van der Waals surface area contributed by atoms with E-state index < -0.39 is 87.4 Å². The molecule has 0 aliphatic heterocycles. The van der Waals surface area contributed by atoms with Crippen molar-refractivity contribution >= 4 is 11.4 Å². The fraction of sp³-hybridized carbons (Fsp3) is 0.294. The van der Waals surface area contributed by atoms with E-state index in [1.807, 2.05) is 0 Å². The maximum atomic E-state index is 14.8. The summed E-state index contributed by atoms with van der Waals surface area (Å²) in [6.07, 6.45) is -23.2. The molecule has 0 aliphatic carbocycles. The summed E-state index contributed by atoms with van der Waals surface area (Å²) in [6.45, 7) is 0. The molecule has 1 unspecified atom stereocenters. The van der Waals surface area contributed by atoms with Gasteiger partial charge in [0.25, 0.3) is 12.1 Å². The molecule has 0 amide bonds. The molecule has 4 nitrogen and oxygen atoms in total. The summed E-state index contributed by atoms with van der Waals surface area (Å²) < 4.78 is 161. The number of hydrogen-bond donors (Lipinski definition) is 4. The molecular formula is C17H10F12N2O2. The first-order valence-electron chi connectivity index (χ1n) is 8.12. The summed E-state index contributed by atoms with van der Waals surface area (Å²) in [5, 5.41) is 19.3. The van der Waals surface area contributed by atoms with Crippen molar-refractivity contribution in [1.82, 2.24) is 0 Å². The average molecular weight is 502 g/mol. The minimum Gasteiger partial charge on any atom is -0.506 e. The second kappa shape index (κ2) is 7.69. The lowest BCUT2D eigenvalue weighted by Gasteiger charge is -2.31. The van der Waals surface area contributed by atoms with Crippen LogP contribution in [-0.4, -0.2) is 22.8 Å². The lowest BCUT2D eigenvalue weighted by atomic mass is 9.83. The molecule has 33 heavy (non-hydrogen) atoms. The Morgan fingerprint density at radius 2 is 1.18 bits per heavy atom. The van der Waals surface area contributed by atoms with Crippen LogP contribution >= 0.6 is 0 Å². The summed E-state index contributed by atoms with van der Waals surface area (Å²) in [5.41, 5.74) is -9.76. The minimum absolute atomic E-state index is 0.0671. The first kappa shape index (κ1) is 26.1. The Morgan fingerprint density at radius 3 is 1.58 bits per heavy atom. The maximum absolute atomic E-state index is 14.8. The zero-order valence-corrected chi connectivity index (χ0v) is 15.4. The Morgan fingerprint density at radius 1 is 0.697 bits per heavy atom. The summed E-state index contributed by atoms with van der Waals surface area (Å²) in [4.78, 5) is 0. The average Bonchev–Trinajstić information content (AvgIpc) is 2.62. The number of benzene rings is 2. The van der Waals surface area contributed by atoms with Crippen LogP contribution in [0.1, 0.15) is 16.7 Å². The number of phenols is 2. The Kier molecular flexibility index (Phi) is 6.07. The van der Waals surface area contributed by atoms with Crippen LogP contribution in [0.25, 0.3) is 11.1 Å². The highest BCUT2D eigenvalue weighted by molar-refractivity contribution is 5.89. The van der Waals surface area contributed by atoms with E-state index in [-0.39, 0.29) is 12.1 Å². The highest BCUT2D eigenvalue weighted by Crippen LogP contribution is 2.56. The van der Waals surface area contributed by atoms with Crippen molar-refractivity contribution in [1.29, 1.82) is 0 Å². The third kappa shape index (κ3) is 4.25. The van der Waals surface area contributed by atoms with E-state index in [2.05, 4.69) is 0 Å². The van der Waals surface area contributed by atoms with Gasteiger partial charge in [0.1, 0.15) is 5.75 Å².